The van der Waals surface area contributed by atoms with Crippen LogP contribution in [0.5, 0.6) is 0 Å². The second-order valence-electron chi connectivity index (χ2n) is 12.4. The third-order valence-electron chi connectivity index (χ3n) is 8.46. The molecule has 40 heavy (non-hydrogen) atoms. The second-order valence-corrected chi connectivity index (χ2v) is 12.4. The molecule has 5 heteroatoms. The summed E-state index contributed by atoms with van der Waals surface area (Å²) in [7, 11) is 0. The number of aliphatic hydroxyl groups is 3. The lowest BCUT2D eigenvalue weighted by atomic mass is 9.99. The molecule has 0 aromatic carbocycles. The van der Waals surface area contributed by atoms with Crippen LogP contribution in [0.25, 0.3) is 0 Å². The Kier molecular flexibility index (Phi) is 30.8. The molecule has 0 aromatic rings. The highest BCUT2D eigenvalue weighted by atomic mass is 16.3. The Morgan fingerprint density at radius 2 is 0.850 bits per heavy atom. The van der Waals surface area contributed by atoms with E-state index in [1.165, 1.54) is 135 Å². The summed E-state index contributed by atoms with van der Waals surface area (Å²) in [6.45, 7) is 4.16. The number of hydrogen-bond donors (Lipinski definition) is 4. The molecule has 0 fully saturated rings. The van der Waals surface area contributed by atoms with E-state index in [1.807, 2.05) is 0 Å². The largest absolute Gasteiger partial charge is 0.394 e. The first-order valence-corrected chi connectivity index (χ1v) is 17.8. The van der Waals surface area contributed by atoms with E-state index < -0.39 is 18.2 Å². The Bertz CT molecular complexity index is 516. The van der Waals surface area contributed by atoms with E-state index in [0.717, 1.165) is 32.1 Å². The molecule has 0 aliphatic heterocycles. The van der Waals surface area contributed by atoms with Gasteiger partial charge in [0.05, 0.1) is 18.8 Å². The van der Waals surface area contributed by atoms with Gasteiger partial charge in [-0.2, -0.15) is 0 Å². The Morgan fingerprint density at radius 3 is 1.20 bits per heavy atom. The molecule has 5 nitrogen and oxygen atoms in total. The van der Waals surface area contributed by atoms with Gasteiger partial charge >= 0.3 is 0 Å². The number of aliphatic hydroxyl groups excluding tert-OH is 3. The summed E-state index contributed by atoms with van der Waals surface area (Å²) in [6.07, 6.45) is 31.8. The van der Waals surface area contributed by atoms with Crippen LogP contribution < -0.4 is 5.32 Å². The lowest BCUT2D eigenvalue weighted by Crippen LogP contribution is -2.50. The number of rotatable bonds is 32. The molecule has 0 rings (SSSR count). The molecule has 0 unspecified atom stereocenters. The highest BCUT2D eigenvalue weighted by Gasteiger charge is 2.26. The van der Waals surface area contributed by atoms with Crippen molar-refractivity contribution in [2.45, 2.75) is 212 Å². The Balaban J connectivity index is 3.68. The highest BCUT2D eigenvalue weighted by molar-refractivity contribution is 5.76. The van der Waals surface area contributed by atoms with Crippen molar-refractivity contribution < 1.29 is 20.1 Å². The third kappa shape index (κ3) is 26.3. The first-order chi connectivity index (χ1) is 19.6. The van der Waals surface area contributed by atoms with E-state index >= 15 is 0 Å². The molecular weight excluding hydrogens is 498 g/mol. The summed E-state index contributed by atoms with van der Waals surface area (Å²) >= 11 is 0. The maximum absolute atomic E-state index is 12.3. The van der Waals surface area contributed by atoms with Crippen LogP contribution in [-0.4, -0.2) is 46.1 Å². The predicted octanol–water partition coefficient (Wildman–Crippen LogP) is 9.15. The van der Waals surface area contributed by atoms with Gasteiger partial charge in [-0.05, 0) is 12.8 Å². The van der Waals surface area contributed by atoms with Crippen LogP contribution in [0, 0.1) is 0 Å². The van der Waals surface area contributed by atoms with E-state index in [9.17, 15) is 20.1 Å². The number of carbonyl (C=O) groups is 1. The lowest BCUT2D eigenvalue weighted by Gasteiger charge is -2.26. The molecule has 4 N–H and O–H groups in total. The van der Waals surface area contributed by atoms with E-state index in [4.69, 9.17) is 0 Å². The fourth-order valence-corrected chi connectivity index (χ4v) is 5.63. The topological polar surface area (TPSA) is 89.8 Å². The minimum absolute atomic E-state index is 0.144. The second kappa shape index (κ2) is 31.3. The highest BCUT2D eigenvalue weighted by Crippen LogP contribution is 2.16. The van der Waals surface area contributed by atoms with Crippen molar-refractivity contribution in [3.8, 4) is 0 Å². The van der Waals surface area contributed by atoms with Crippen molar-refractivity contribution in [1.29, 1.82) is 0 Å². The average molecular weight is 570 g/mol. The van der Waals surface area contributed by atoms with E-state index in [2.05, 4.69) is 19.2 Å². The van der Waals surface area contributed by atoms with Gasteiger partial charge in [0.2, 0.25) is 5.91 Å². The Labute approximate surface area is 249 Å². The molecule has 0 radical (unpaired) electrons. The SMILES string of the molecule is CCCCCCCCCCCCCCCC(=O)N[C@@H](CO)[C@H](O)[C@H](O)CCCCCCCCCCCCCCC. The molecular formula is C35H71NO4. The zero-order chi connectivity index (χ0) is 29.5. The van der Waals surface area contributed by atoms with Gasteiger partial charge in [-0.25, -0.2) is 0 Å². The molecule has 0 aliphatic rings. The Hall–Kier alpha value is -0.650. The quantitative estimate of drug-likeness (QED) is 0.0608. The van der Waals surface area contributed by atoms with Crippen molar-refractivity contribution in [1.82, 2.24) is 5.32 Å². The first kappa shape index (κ1) is 39.4. The molecule has 0 saturated heterocycles. The van der Waals surface area contributed by atoms with Crippen LogP contribution in [-0.2, 0) is 4.79 Å². The average Bonchev–Trinajstić information content (AvgIpc) is 2.96. The summed E-state index contributed by atoms with van der Waals surface area (Å²) in [5.74, 6) is -0.144. The summed E-state index contributed by atoms with van der Waals surface area (Å²) in [5, 5.41) is 33.3. The van der Waals surface area contributed by atoms with Crippen LogP contribution in [0.3, 0.4) is 0 Å². The predicted molar refractivity (Wildman–Crippen MR) is 172 cm³/mol. The van der Waals surface area contributed by atoms with Gasteiger partial charge in [0.25, 0.3) is 0 Å². The number of nitrogens with one attached hydrogen (secondary N) is 1. The number of hydrogen-bond acceptors (Lipinski definition) is 4. The maximum atomic E-state index is 12.3. The van der Waals surface area contributed by atoms with Crippen LogP contribution in [0.2, 0.25) is 0 Å². The molecule has 0 aliphatic carbocycles. The van der Waals surface area contributed by atoms with Crippen LogP contribution in [0.15, 0.2) is 0 Å². The normalized spacial score (nSPS) is 13.8. The first-order valence-electron chi connectivity index (χ1n) is 17.8. The van der Waals surface area contributed by atoms with Gasteiger partial charge < -0.3 is 20.6 Å². The molecule has 0 bridgehead atoms. The monoisotopic (exact) mass is 570 g/mol. The molecule has 0 saturated carbocycles. The van der Waals surface area contributed by atoms with Crippen molar-refractivity contribution in [2.24, 2.45) is 0 Å². The number of unbranched alkanes of at least 4 members (excludes halogenated alkanes) is 24. The molecule has 0 aromatic heterocycles. The van der Waals surface area contributed by atoms with E-state index in [-0.39, 0.29) is 12.5 Å². The summed E-state index contributed by atoms with van der Waals surface area (Å²) < 4.78 is 0. The van der Waals surface area contributed by atoms with Gasteiger partial charge in [0, 0.05) is 6.42 Å². The summed E-state index contributed by atoms with van der Waals surface area (Å²) in [4.78, 5) is 12.3. The number of amides is 1. The fourth-order valence-electron chi connectivity index (χ4n) is 5.63. The minimum Gasteiger partial charge on any atom is -0.394 e. The lowest BCUT2D eigenvalue weighted by molar-refractivity contribution is -0.124. The maximum Gasteiger partial charge on any atom is 0.220 e. The van der Waals surface area contributed by atoms with Crippen molar-refractivity contribution >= 4 is 5.91 Å². The minimum atomic E-state index is -1.13. The van der Waals surface area contributed by atoms with Crippen molar-refractivity contribution in [3.63, 3.8) is 0 Å². The molecule has 240 valence electrons. The van der Waals surface area contributed by atoms with Gasteiger partial charge in [0.1, 0.15) is 6.10 Å². The van der Waals surface area contributed by atoms with Crippen molar-refractivity contribution in [3.05, 3.63) is 0 Å². The van der Waals surface area contributed by atoms with Crippen LogP contribution in [0.1, 0.15) is 194 Å². The molecule has 0 spiro atoms. The van der Waals surface area contributed by atoms with Crippen LogP contribution >= 0.6 is 0 Å². The smallest absolute Gasteiger partial charge is 0.220 e. The third-order valence-corrected chi connectivity index (χ3v) is 8.46. The van der Waals surface area contributed by atoms with Gasteiger partial charge in [-0.3, -0.25) is 4.79 Å². The fraction of sp³-hybridized carbons (Fsp3) is 0.971. The zero-order valence-corrected chi connectivity index (χ0v) is 27.0. The molecule has 1 amide bonds. The Morgan fingerprint density at radius 1 is 0.525 bits per heavy atom. The summed E-state index contributed by atoms with van der Waals surface area (Å²) in [6, 6.07) is -0.800. The molecule has 0 heterocycles. The van der Waals surface area contributed by atoms with Gasteiger partial charge in [-0.1, -0.05) is 174 Å². The van der Waals surface area contributed by atoms with Crippen LogP contribution in [0.4, 0.5) is 0 Å². The van der Waals surface area contributed by atoms with E-state index in [1.54, 1.807) is 0 Å². The number of carbonyl (C=O) groups excluding carboxylic acids is 1. The van der Waals surface area contributed by atoms with Gasteiger partial charge in [0.15, 0.2) is 0 Å². The van der Waals surface area contributed by atoms with E-state index in [0.29, 0.717) is 12.8 Å². The van der Waals surface area contributed by atoms with Crippen molar-refractivity contribution in [2.75, 3.05) is 6.61 Å². The molecule has 3 atom stereocenters. The van der Waals surface area contributed by atoms with Gasteiger partial charge in [-0.15, -0.1) is 0 Å². The standard InChI is InChI=1S/C35H71NO4/c1-3-5-7-9-11-13-15-17-19-21-23-25-27-29-33(38)35(40)32(31-37)36-34(39)30-28-26-24-22-20-18-16-14-12-10-8-6-4-2/h32-33,35,37-38,40H,3-31H2,1-2H3,(H,36,39)/t32-,33+,35-/m0/s1. The summed E-state index contributed by atoms with van der Waals surface area (Å²) in [5.41, 5.74) is 0. The zero-order valence-electron chi connectivity index (χ0n) is 27.0.